The lowest BCUT2D eigenvalue weighted by molar-refractivity contribution is -0.131. The summed E-state index contributed by atoms with van der Waals surface area (Å²) in [5.41, 5.74) is 0. The van der Waals surface area contributed by atoms with E-state index in [0.29, 0.717) is 12.5 Å². The van der Waals surface area contributed by atoms with Crippen LogP contribution in [0.25, 0.3) is 0 Å². The van der Waals surface area contributed by atoms with Crippen LogP contribution in [-0.2, 0) is 9.53 Å². The molecule has 0 bridgehead atoms. The summed E-state index contributed by atoms with van der Waals surface area (Å²) in [5.74, 6) is 2.57. The number of hydrogen-bond donors (Lipinski definition) is 1. The largest absolute Gasteiger partial charge is 0.368 e. The molecule has 0 aliphatic carbocycles. The predicted octanol–water partition coefficient (Wildman–Crippen LogP) is 0.161. The lowest BCUT2D eigenvalue weighted by Gasteiger charge is -2.12. The highest BCUT2D eigenvalue weighted by atomic mass is 16.5. The van der Waals surface area contributed by atoms with Gasteiger partial charge in [-0.1, -0.05) is 12.8 Å². The van der Waals surface area contributed by atoms with Gasteiger partial charge in [0.1, 0.15) is 6.10 Å². The number of nitrogens with one attached hydrogen (secondary N) is 1. The zero-order chi connectivity index (χ0) is 8.97. The summed E-state index contributed by atoms with van der Waals surface area (Å²) in [6, 6.07) is 0. The topological polar surface area (TPSA) is 38.3 Å². The number of ether oxygens (including phenoxy) is 1. The molecule has 2 atom stereocenters. The smallest absolute Gasteiger partial charge is 0.250 e. The van der Waals surface area contributed by atoms with Gasteiger partial charge in [-0.3, -0.25) is 4.79 Å². The molecule has 2 unspecified atom stereocenters. The molecule has 0 aromatic heterocycles. The maximum Gasteiger partial charge on any atom is 0.250 e. The minimum Gasteiger partial charge on any atom is -0.368 e. The van der Waals surface area contributed by atoms with Gasteiger partial charge >= 0.3 is 0 Å². The first-order valence-corrected chi connectivity index (χ1v) is 4.08. The predicted molar refractivity (Wildman–Crippen MR) is 45.4 cm³/mol. The Balaban J connectivity index is 2.37. The summed E-state index contributed by atoms with van der Waals surface area (Å²) in [5, 5.41) is 2.60. The Morgan fingerprint density at radius 3 is 3.08 bits per heavy atom. The van der Waals surface area contributed by atoms with E-state index in [2.05, 4.69) is 11.2 Å². The summed E-state index contributed by atoms with van der Waals surface area (Å²) < 4.78 is 5.24. The lowest BCUT2D eigenvalue weighted by atomic mass is 10.0. The standard InChI is InChI=1S/C9H13NO2/c1-3-5-10-9(11)8-7(2)4-6-12-8/h1,7-8H,4-6H2,2H3,(H,10,11). The quantitative estimate of drug-likeness (QED) is 0.595. The zero-order valence-electron chi connectivity index (χ0n) is 7.17. The van der Waals surface area contributed by atoms with Crippen molar-refractivity contribution in [2.45, 2.75) is 19.4 Å². The number of amides is 1. The average molecular weight is 167 g/mol. The van der Waals surface area contributed by atoms with Crippen molar-refractivity contribution in [3.05, 3.63) is 0 Å². The number of rotatable bonds is 2. The van der Waals surface area contributed by atoms with Crippen molar-refractivity contribution >= 4 is 5.91 Å². The minimum atomic E-state index is -0.293. The molecule has 3 heteroatoms. The van der Waals surface area contributed by atoms with Crippen LogP contribution in [0.3, 0.4) is 0 Å². The van der Waals surface area contributed by atoms with Crippen molar-refractivity contribution in [2.24, 2.45) is 5.92 Å². The first-order chi connectivity index (χ1) is 5.75. The van der Waals surface area contributed by atoms with Gasteiger partial charge in [0, 0.05) is 6.61 Å². The van der Waals surface area contributed by atoms with E-state index >= 15 is 0 Å². The molecule has 1 heterocycles. The molecule has 1 saturated heterocycles. The van der Waals surface area contributed by atoms with E-state index < -0.39 is 0 Å². The highest BCUT2D eigenvalue weighted by Gasteiger charge is 2.30. The molecule has 0 saturated carbocycles. The SMILES string of the molecule is C#CCNC(=O)C1OCCC1C. The van der Waals surface area contributed by atoms with Crippen LogP contribution in [-0.4, -0.2) is 25.2 Å². The first-order valence-electron chi connectivity index (χ1n) is 4.08. The highest BCUT2D eigenvalue weighted by Crippen LogP contribution is 2.19. The number of carbonyl (C=O) groups excluding carboxylic acids is 1. The van der Waals surface area contributed by atoms with Crippen LogP contribution in [0, 0.1) is 18.3 Å². The van der Waals surface area contributed by atoms with E-state index in [-0.39, 0.29) is 18.6 Å². The van der Waals surface area contributed by atoms with Gasteiger partial charge in [-0.05, 0) is 12.3 Å². The zero-order valence-corrected chi connectivity index (χ0v) is 7.17. The van der Waals surface area contributed by atoms with E-state index in [1.54, 1.807) is 0 Å². The molecular weight excluding hydrogens is 154 g/mol. The van der Waals surface area contributed by atoms with Crippen molar-refractivity contribution in [3.63, 3.8) is 0 Å². The van der Waals surface area contributed by atoms with E-state index in [1.807, 2.05) is 6.92 Å². The van der Waals surface area contributed by atoms with Crippen LogP contribution in [0.2, 0.25) is 0 Å². The molecule has 0 radical (unpaired) electrons. The lowest BCUT2D eigenvalue weighted by Crippen LogP contribution is -2.37. The molecular formula is C9H13NO2. The minimum absolute atomic E-state index is 0.0852. The Labute approximate surface area is 72.5 Å². The monoisotopic (exact) mass is 167 g/mol. The van der Waals surface area contributed by atoms with Crippen LogP contribution >= 0.6 is 0 Å². The van der Waals surface area contributed by atoms with Gasteiger partial charge in [0.15, 0.2) is 0 Å². The third-order valence-corrected chi connectivity index (χ3v) is 2.01. The Morgan fingerprint density at radius 2 is 2.58 bits per heavy atom. The molecule has 66 valence electrons. The fraction of sp³-hybridized carbons (Fsp3) is 0.667. The first kappa shape index (κ1) is 9.08. The number of hydrogen-bond acceptors (Lipinski definition) is 2. The van der Waals surface area contributed by atoms with Crippen LogP contribution in [0.4, 0.5) is 0 Å². The fourth-order valence-corrected chi connectivity index (χ4v) is 1.27. The van der Waals surface area contributed by atoms with Gasteiger partial charge in [-0.2, -0.15) is 0 Å². The van der Waals surface area contributed by atoms with Crippen molar-refractivity contribution in [1.82, 2.24) is 5.32 Å². The van der Waals surface area contributed by atoms with Gasteiger partial charge < -0.3 is 10.1 Å². The molecule has 1 amide bonds. The summed E-state index contributed by atoms with van der Waals surface area (Å²) in [4.78, 5) is 11.3. The van der Waals surface area contributed by atoms with E-state index in [1.165, 1.54) is 0 Å². The number of terminal acetylenes is 1. The molecule has 0 aromatic rings. The van der Waals surface area contributed by atoms with Crippen LogP contribution in [0.5, 0.6) is 0 Å². The average Bonchev–Trinajstić information content (AvgIpc) is 2.47. The summed E-state index contributed by atoms with van der Waals surface area (Å²) in [6.07, 6.45) is 5.66. The number of carbonyl (C=O) groups is 1. The van der Waals surface area contributed by atoms with Crippen molar-refractivity contribution in [1.29, 1.82) is 0 Å². The Morgan fingerprint density at radius 1 is 1.83 bits per heavy atom. The van der Waals surface area contributed by atoms with Crippen molar-refractivity contribution in [2.75, 3.05) is 13.2 Å². The Hall–Kier alpha value is -1.01. The molecule has 0 spiro atoms. The van der Waals surface area contributed by atoms with E-state index in [4.69, 9.17) is 11.2 Å². The van der Waals surface area contributed by atoms with E-state index in [0.717, 1.165) is 6.42 Å². The molecule has 12 heavy (non-hydrogen) atoms. The maximum atomic E-state index is 11.3. The third-order valence-electron chi connectivity index (χ3n) is 2.01. The third kappa shape index (κ3) is 1.99. The molecule has 1 fully saturated rings. The molecule has 1 rings (SSSR count). The molecule has 1 N–H and O–H groups in total. The summed E-state index contributed by atoms with van der Waals surface area (Å²) >= 11 is 0. The second kappa shape index (κ2) is 4.13. The molecule has 1 aliphatic heterocycles. The molecule has 3 nitrogen and oxygen atoms in total. The Bertz CT molecular complexity index is 207. The molecule has 0 aromatic carbocycles. The highest BCUT2D eigenvalue weighted by molar-refractivity contribution is 5.81. The van der Waals surface area contributed by atoms with Crippen molar-refractivity contribution in [3.8, 4) is 12.3 Å². The van der Waals surface area contributed by atoms with Crippen LogP contribution < -0.4 is 5.32 Å². The second-order valence-electron chi connectivity index (χ2n) is 2.98. The molecule has 1 aliphatic rings. The van der Waals surface area contributed by atoms with E-state index in [9.17, 15) is 4.79 Å². The summed E-state index contributed by atoms with van der Waals surface area (Å²) in [7, 11) is 0. The second-order valence-corrected chi connectivity index (χ2v) is 2.98. The van der Waals surface area contributed by atoms with Gasteiger partial charge in [-0.15, -0.1) is 6.42 Å². The van der Waals surface area contributed by atoms with Gasteiger partial charge in [0.25, 0.3) is 0 Å². The summed E-state index contributed by atoms with van der Waals surface area (Å²) in [6.45, 7) is 2.97. The van der Waals surface area contributed by atoms with Crippen molar-refractivity contribution < 1.29 is 9.53 Å². The van der Waals surface area contributed by atoms with Gasteiger partial charge in [0.2, 0.25) is 5.91 Å². The van der Waals surface area contributed by atoms with Gasteiger partial charge in [-0.25, -0.2) is 0 Å². The van der Waals surface area contributed by atoms with Gasteiger partial charge in [0.05, 0.1) is 6.54 Å². The fourth-order valence-electron chi connectivity index (χ4n) is 1.27. The van der Waals surface area contributed by atoms with Crippen LogP contribution in [0.1, 0.15) is 13.3 Å². The Kier molecular flexibility index (Phi) is 3.12. The maximum absolute atomic E-state index is 11.3. The normalized spacial score (nSPS) is 28.0. The van der Waals surface area contributed by atoms with Crippen LogP contribution in [0.15, 0.2) is 0 Å².